The summed E-state index contributed by atoms with van der Waals surface area (Å²) in [5.41, 5.74) is 0.276. The van der Waals surface area contributed by atoms with Gasteiger partial charge in [-0.1, -0.05) is 12.1 Å². The fourth-order valence-corrected chi connectivity index (χ4v) is 1.07. The Balaban J connectivity index is 2.72. The van der Waals surface area contributed by atoms with E-state index in [0.717, 1.165) is 0 Å². The fourth-order valence-electron chi connectivity index (χ4n) is 1.07. The summed E-state index contributed by atoms with van der Waals surface area (Å²) in [5, 5.41) is 30.9. The van der Waals surface area contributed by atoms with Crippen molar-refractivity contribution in [1.82, 2.24) is 0 Å². The Morgan fingerprint density at radius 2 is 2.13 bits per heavy atom. The molecular weight excluding hydrogens is 200 g/mol. The zero-order valence-electron chi connectivity index (χ0n) is 7.96. The Labute approximate surface area is 86.3 Å². The molecule has 0 aliphatic carbocycles. The first-order valence-electron chi connectivity index (χ1n) is 4.41. The highest BCUT2D eigenvalue weighted by Crippen LogP contribution is 2.22. The molecule has 0 amide bonds. The lowest BCUT2D eigenvalue weighted by molar-refractivity contribution is -0.384. The Bertz CT molecular complexity index is 343. The number of hydrogen-bond acceptors (Lipinski definition) is 5. The van der Waals surface area contributed by atoms with Crippen LogP contribution in [0.5, 0.6) is 0 Å². The van der Waals surface area contributed by atoms with Crippen molar-refractivity contribution < 1.29 is 15.1 Å². The third-order valence-electron chi connectivity index (χ3n) is 1.84. The lowest BCUT2D eigenvalue weighted by Gasteiger charge is -2.09. The third-order valence-corrected chi connectivity index (χ3v) is 1.84. The van der Waals surface area contributed by atoms with Gasteiger partial charge in [0.1, 0.15) is 5.69 Å². The Morgan fingerprint density at radius 1 is 1.47 bits per heavy atom. The zero-order chi connectivity index (χ0) is 11.3. The van der Waals surface area contributed by atoms with Crippen LogP contribution in [0.15, 0.2) is 24.3 Å². The molecular formula is C9H12N2O4. The average molecular weight is 212 g/mol. The molecule has 1 rings (SSSR count). The minimum atomic E-state index is -0.926. The summed E-state index contributed by atoms with van der Waals surface area (Å²) in [5.74, 6) is 0. The molecule has 0 fully saturated rings. The van der Waals surface area contributed by atoms with Crippen molar-refractivity contribution >= 4 is 11.4 Å². The van der Waals surface area contributed by atoms with Gasteiger partial charge in [0, 0.05) is 12.6 Å². The van der Waals surface area contributed by atoms with Gasteiger partial charge in [-0.25, -0.2) is 0 Å². The van der Waals surface area contributed by atoms with Gasteiger partial charge < -0.3 is 15.5 Å². The van der Waals surface area contributed by atoms with Crippen LogP contribution >= 0.6 is 0 Å². The molecule has 1 aromatic carbocycles. The molecule has 0 heterocycles. The number of aliphatic hydroxyl groups is 2. The molecule has 1 aromatic rings. The topological polar surface area (TPSA) is 95.6 Å². The molecule has 15 heavy (non-hydrogen) atoms. The van der Waals surface area contributed by atoms with Crippen LogP contribution in [-0.4, -0.2) is 34.4 Å². The molecule has 0 saturated heterocycles. The number of rotatable bonds is 5. The summed E-state index contributed by atoms with van der Waals surface area (Å²) in [6.07, 6.45) is -0.926. The number of nitro benzene ring substituents is 1. The molecule has 0 aliphatic heterocycles. The summed E-state index contributed by atoms with van der Waals surface area (Å²) in [7, 11) is 0. The van der Waals surface area contributed by atoms with Crippen molar-refractivity contribution in [3.05, 3.63) is 34.4 Å². The van der Waals surface area contributed by atoms with E-state index in [-0.39, 0.29) is 18.8 Å². The lowest BCUT2D eigenvalue weighted by Crippen LogP contribution is -2.23. The van der Waals surface area contributed by atoms with Gasteiger partial charge in [0.05, 0.1) is 17.6 Å². The molecule has 0 aliphatic rings. The largest absolute Gasteiger partial charge is 0.394 e. The number of para-hydroxylation sites is 2. The maximum atomic E-state index is 10.6. The van der Waals surface area contributed by atoms with E-state index in [2.05, 4.69) is 5.32 Å². The molecule has 0 saturated carbocycles. The Morgan fingerprint density at radius 3 is 2.73 bits per heavy atom. The number of nitro groups is 1. The van der Waals surface area contributed by atoms with Crippen molar-refractivity contribution in [2.45, 2.75) is 6.10 Å². The van der Waals surface area contributed by atoms with Gasteiger partial charge in [-0.3, -0.25) is 10.1 Å². The van der Waals surface area contributed by atoms with Gasteiger partial charge in [0.2, 0.25) is 0 Å². The van der Waals surface area contributed by atoms with Crippen molar-refractivity contribution in [1.29, 1.82) is 0 Å². The average Bonchev–Trinajstić information content (AvgIpc) is 2.26. The van der Waals surface area contributed by atoms with Crippen molar-refractivity contribution in [2.24, 2.45) is 0 Å². The molecule has 82 valence electrons. The van der Waals surface area contributed by atoms with Crippen LogP contribution in [0.4, 0.5) is 11.4 Å². The van der Waals surface area contributed by atoms with Gasteiger partial charge in [0.25, 0.3) is 5.69 Å². The van der Waals surface area contributed by atoms with E-state index in [1.807, 2.05) is 0 Å². The number of nitrogens with zero attached hydrogens (tertiary/aromatic N) is 1. The molecule has 6 heteroatoms. The van der Waals surface area contributed by atoms with Crippen molar-refractivity contribution in [3.63, 3.8) is 0 Å². The molecule has 0 radical (unpaired) electrons. The number of benzene rings is 1. The Hall–Kier alpha value is -1.66. The first kappa shape index (κ1) is 11.4. The molecule has 1 atom stereocenters. The zero-order valence-corrected chi connectivity index (χ0v) is 7.96. The van der Waals surface area contributed by atoms with Crippen molar-refractivity contribution in [2.75, 3.05) is 18.5 Å². The predicted octanol–water partition coefficient (Wildman–Crippen LogP) is 0.360. The van der Waals surface area contributed by atoms with Crippen LogP contribution in [0.1, 0.15) is 0 Å². The summed E-state index contributed by atoms with van der Waals surface area (Å²) in [6, 6.07) is 6.13. The quantitative estimate of drug-likeness (QED) is 0.483. The second kappa shape index (κ2) is 5.28. The van der Waals surface area contributed by atoms with Crippen molar-refractivity contribution in [3.8, 4) is 0 Å². The monoisotopic (exact) mass is 212 g/mol. The summed E-state index contributed by atoms with van der Waals surface area (Å²) in [4.78, 5) is 10.1. The third kappa shape index (κ3) is 3.19. The van der Waals surface area contributed by atoms with E-state index in [1.54, 1.807) is 18.2 Å². The van der Waals surface area contributed by atoms with Crippen LogP contribution in [0.2, 0.25) is 0 Å². The van der Waals surface area contributed by atoms with E-state index in [0.29, 0.717) is 5.69 Å². The highest BCUT2D eigenvalue weighted by Gasteiger charge is 2.12. The predicted molar refractivity (Wildman–Crippen MR) is 54.7 cm³/mol. The highest BCUT2D eigenvalue weighted by atomic mass is 16.6. The molecule has 0 aromatic heterocycles. The SMILES string of the molecule is O=[N+]([O-])c1ccccc1NC[C@@H](O)CO. The maximum absolute atomic E-state index is 10.6. The van der Waals surface area contributed by atoms with E-state index in [9.17, 15) is 10.1 Å². The van der Waals surface area contributed by atoms with Crippen LogP contribution < -0.4 is 5.32 Å². The smallest absolute Gasteiger partial charge is 0.292 e. The molecule has 0 bridgehead atoms. The summed E-state index contributed by atoms with van der Waals surface area (Å²) < 4.78 is 0. The molecule has 6 nitrogen and oxygen atoms in total. The molecule has 0 unspecified atom stereocenters. The van der Waals surface area contributed by atoms with E-state index < -0.39 is 11.0 Å². The second-order valence-electron chi connectivity index (χ2n) is 2.99. The Kier molecular flexibility index (Phi) is 4.02. The van der Waals surface area contributed by atoms with Crippen LogP contribution in [0, 0.1) is 10.1 Å². The number of aliphatic hydroxyl groups excluding tert-OH is 2. The summed E-state index contributed by atoms with van der Waals surface area (Å²) in [6.45, 7) is -0.311. The maximum Gasteiger partial charge on any atom is 0.292 e. The highest BCUT2D eigenvalue weighted by molar-refractivity contribution is 5.61. The van der Waals surface area contributed by atoms with Gasteiger partial charge in [-0.2, -0.15) is 0 Å². The number of hydrogen-bond donors (Lipinski definition) is 3. The number of anilines is 1. The minimum Gasteiger partial charge on any atom is -0.394 e. The first-order valence-corrected chi connectivity index (χ1v) is 4.41. The van der Waals surface area contributed by atoms with Gasteiger partial charge in [-0.15, -0.1) is 0 Å². The fraction of sp³-hybridized carbons (Fsp3) is 0.333. The van der Waals surface area contributed by atoms with Gasteiger partial charge >= 0.3 is 0 Å². The van der Waals surface area contributed by atoms with E-state index in [1.165, 1.54) is 6.07 Å². The lowest BCUT2D eigenvalue weighted by atomic mass is 10.2. The number of nitrogens with one attached hydrogen (secondary N) is 1. The van der Waals surface area contributed by atoms with E-state index in [4.69, 9.17) is 10.2 Å². The second-order valence-corrected chi connectivity index (χ2v) is 2.99. The minimum absolute atomic E-state index is 0.0531. The van der Waals surface area contributed by atoms with Crippen LogP contribution in [0.25, 0.3) is 0 Å². The standard InChI is InChI=1S/C9H12N2O4/c12-6-7(13)5-10-8-3-1-2-4-9(8)11(14)15/h1-4,7,10,12-13H,5-6H2/t7-/m1/s1. The van der Waals surface area contributed by atoms with Crippen LogP contribution in [0.3, 0.4) is 0 Å². The first-order chi connectivity index (χ1) is 7.15. The normalized spacial score (nSPS) is 12.1. The molecule has 0 spiro atoms. The van der Waals surface area contributed by atoms with Crippen LogP contribution in [-0.2, 0) is 0 Å². The summed E-state index contributed by atoms with van der Waals surface area (Å²) >= 11 is 0. The van der Waals surface area contributed by atoms with Gasteiger partial charge in [0.15, 0.2) is 0 Å². The van der Waals surface area contributed by atoms with Gasteiger partial charge in [-0.05, 0) is 6.07 Å². The van der Waals surface area contributed by atoms with E-state index >= 15 is 0 Å². The molecule has 3 N–H and O–H groups in total.